The van der Waals surface area contributed by atoms with Crippen molar-refractivity contribution in [2.45, 2.75) is 44.2 Å². The van der Waals surface area contributed by atoms with E-state index >= 15 is 0 Å². The summed E-state index contributed by atoms with van der Waals surface area (Å²) in [7, 11) is -4.42. The number of hydrogen-bond donors (Lipinski definition) is 0. The van der Waals surface area contributed by atoms with Crippen LogP contribution in [0.5, 0.6) is 0 Å². The normalized spacial score (nSPS) is 22.2. The van der Waals surface area contributed by atoms with E-state index in [-0.39, 0.29) is 5.76 Å². The van der Waals surface area contributed by atoms with Crippen molar-refractivity contribution in [1.29, 1.82) is 0 Å². The fourth-order valence-electron chi connectivity index (χ4n) is 3.14. The second kappa shape index (κ2) is 6.40. The van der Waals surface area contributed by atoms with Gasteiger partial charge >= 0.3 is 15.6 Å². The standard InChI is InChI=1S/C16H19F3O4S/c1-11-7-6-8-12(2)14(11)15(22-3)10-5-4-9-13(15)23-24(20,21)16(17,18)19/h6-9H,4-5,10H2,1-3H3. The molecule has 0 saturated carbocycles. The monoisotopic (exact) mass is 364 g/mol. The number of aryl methyl sites for hydroxylation is 2. The average Bonchev–Trinajstić information content (AvgIpc) is 2.47. The zero-order valence-corrected chi connectivity index (χ0v) is 14.4. The number of ether oxygens (including phenoxy) is 1. The predicted molar refractivity (Wildman–Crippen MR) is 82.6 cm³/mol. The maximum Gasteiger partial charge on any atom is 0.534 e. The van der Waals surface area contributed by atoms with Crippen LogP contribution >= 0.6 is 0 Å². The Labute approximate surface area is 139 Å². The van der Waals surface area contributed by atoms with Crippen molar-refractivity contribution >= 4 is 10.1 Å². The fraction of sp³-hybridized carbons (Fsp3) is 0.500. The second-order valence-electron chi connectivity index (χ2n) is 5.74. The quantitative estimate of drug-likeness (QED) is 0.597. The zero-order valence-electron chi connectivity index (χ0n) is 13.6. The molecule has 1 unspecified atom stereocenters. The Morgan fingerprint density at radius 3 is 2.25 bits per heavy atom. The molecule has 0 aromatic heterocycles. The summed E-state index contributed by atoms with van der Waals surface area (Å²) in [6.07, 6.45) is 2.75. The summed E-state index contributed by atoms with van der Waals surface area (Å²) in [5, 5.41) is 0. The molecule has 0 fully saturated rings. The van der Waals surface area contributed by atoms with Gasteiger partial charge in [0.25, 0.3) is 0 Å². The number of hydrogen-bond acceptors (Lipinski definition) is 4. The third-order valence-electron chi connectivity index (χ3n) is 4.18. The molecule has 1 aliphatic rings. The van der Waals surface area contributed by atoms with Gasteiger partial charge < -0.3 is 8.92 Å². The number of methoxy groups -OCH3 is 1. The molecule has 1 atom stereocenters. The van der Waals surface area contributed by atoms with E-state index in [4.69, 9.17) is 4.74 Å². The van der Waals surface area contributed by atoms with Crippen LogP contribution in [0.25, 0.3) is 0 Å². The molecule has 8 heteroatoms. The lowest BCUT2D eigenvalue weighted by Gasteiger charge is -2.38. The lowest BCUT2D eigenvalue weighted by molar-refractivity contribution is -0.0611. The first-order chi connectivity index (χ1) is 11.0. The van der Waals surface area contributed by atoms with Crippen molar-refractivity contribution in [2.24, 2.45) is 0 Å². The van der Waals surface area contributed by atoms with Gasteiger partial charge in [-0.3, -0.25) is 0 Å². The smallest absolute Gasteiger partial charge is 0.377 e. The molecule has 2 rings (SSSR count). The zero-order chi connectivity index (χ0) is 18.2. The Morgan fingerprint density at radius 2 is 1.75 bits per heavy atom. The molecule has 0 heterocycles. The molecule has 134 valence electrons. The van der Waals surface area contributed by atoms with Gasteiger partial charge in [-0.25, -0.2) is 0 Å². The van der Waals surface area contributed by atoms with E-state index in [1.165, 1.54) is 13.2 Å². The molecule has 1 aromatic rings. The molecule has 1 aliphatic carbocycles. The van der Waals surface area contributed by atoms with Crippen LogP contribution in [0.1, 0.15) is 36.0 Å². The van der Waals surface area contributed by atoms with Gasteiger partial charge in [0.2, 0.25) is 0 Å². The second-order valence-corrected chi connectivity index (χ2v) is 7.28. The van der Waals surface area contributed by atoms with Gasteiger partial charge in [0, 0.05) is 7.11 Å². The summed E-state index contributed by atoms with van der Waals surface area (Å²) in [5.41, 5.74) is -4.64. The first kappa shape index (κ1) is 18.8. The molecule has 1 aromatic carbocycles. The van der Waals surface area contributed by atoms with Crippen LogP contribution in [-0.4, -0.2) is 21.0 Å². The minimum atomic E-state index is -5.76. The van der Waals surface area contributed by atoms with Crippen LogP contribution in [0.4, 0.5) is 13.2 Å². The van der Waals surface area contributed by atoms with Gasteiger partial charge in [-0.15, -0.1) is 0 Å². The highest BCUT2D eigenvalue weighted by Gasteiger charge is 2.52. The maximum atomic E-state index is 12.7. The summed E-state index contributed by atoms with van der Waals surface area (Å²) >= 11 is 0. The topological polar surface area (TPSA) is 52.6 Å². The molecule has 0 aliphatic heterocycles. The summed E-state index contributed by atoms with van der Waals surface area (Å²) in [6.45, 7) is 3.60. The van der Waals surface area contributed by atoms with Crippen molar-refractivity contribution in [2.75, 3.05) is 7.11 Å². The van der Waals surface area contributed by atoms with Crippen LogP contribution in [0, 0.1) is 13.8 Å². The molecule has 0 spiro atoms. The SMILES string of the molecule is COC1(c2c(C)cccc2C)CCCC=C1OS(=O)(=O)C(F)(F)F. The Balaban J connectivity index is 2.60. The highest BCUT2D eigenvalue weighted by molar-refractivity contribution is 7.87. The number of benzene rings is 1. The van der Waals surface area contributed by atoms with E-state index in [1.54, 1.807) is 26.0 Å². The van der Waals surface area contributed by atoms with Crippen LogP contribution in [0.15, 0.2) is 30.0 Å². The van der Waals surface area contributed by atoms with Gasteiger partial charge in [0.15, 0.2) is 11.4 Å². The Bertz CT molecular complexity index is 733. The third-order valence-corrected chi connectivity index (χ3v) is 5.14. The molecule has 24 heavy (non-hydrogen) atoms. The molecule has 0 saturated heterocycles. The minimum Gasteiger partial charge on any atom is -0.377 e. The van der Waals surface area contributed by atoms with Crippen molar-refractivity contribution in [3.05, 3.63) is 46.7 Å². The summed E-state index contributed by atoms with van der Waals surface area (Å²) < 4.78 is 71.2. The molecule has 4 nitrogen and oxygen atoms in total. The van der Waals surface area contributed by atoms with Gasteiger partial charge in [-0.1, -0.05) is 18.2 Å². The highest BCUT2D eigenvalue weighted by Crippen LogP contribution is 2.46. The average molecular weight is 364 g/mol. The lowest BCUT2D eigenvalue weighted by Crippen LogP contribution is -2.38. The summed E-state index contributed by atoms with van der Waals surface area (Å²) in [6, 6.07) is 5.41. The first-order valence-corrected chi connectivity index (χ1v) is 8.79. The Morgan fingerprint density at radius 1 is 1.17 bits per heavy atom. The van der Waals surface area contributed by atoms with E-state index in [1.807, 2.05) is 6.07 Å². The van der Waals surface area contributed by atoms with Gasteiger partial charge in [0.1, 0.15) is 0 Å². The van der Waals surface area contributed by atoms with Gasteiger partial charge in [-0.2, -0.15) is 21.6 Å². The van der Waals surface area contributed by atoms with E-state index < -0.39 is 21.2 Å². The molecule has 0 amide bonds. The minimum absolute atomic E-state index is 0.328. The maximum absolute atomic E-state index is 12.7. The highest BCUT2D eigenvalue weighted by atomic mass is 32.2. The molecule has 0 N–H and O–H groups in total. The van der Waals surface area contributed by atoms with Gasteiger partial charge in [0.05, 0.1) is 0 Å². The van der Waals surface area contributed by atoms with Crippen molar-refractivity contribution in [3.8, 4) is 0 Å². The van der Waals surface area contributed by atoms with E-state index in [9.17, 15) is 21.6 Å². The number of rotatable bonds is 4. The number of alkyl halides is 3. The Kier molecular flexibility index (Phi) is 5.01. The third kappa shape index (κ3) is 3.17. The van der Waals surface area contributed by atoms with E-state index in [0.717, 1.165) is 11.1 Å². The lowest BCUT2D eigenvalue weighted by atomic mass is 9.78. The van der Waals surface area contributed by atoms with Crippen molar-refractivity contribution in [1.82, 2.24) is 0 Å². The van der Waals surface area contributed by atoms with Crippen molar-refractivity contribution < 1.29 is 30.5 Å². The first-order valence-electron chi connectivity index (χ1n) is 7.38. The Hall–Kier alpha value is -1.54. The van der Waals surface area contributed by atoms with E-state index in [0.29, 0.717) is 24.8 Å². The summed E-state index contributed by atoms with van der Waals surface area (Å²) in [5.74, 6) is -0.328. The van der Waals surface area contributed by atoms with Crippen LogP contribution in [0.2, 0.25) is 0 Å². The van der Waals surface area contributed by atoms with Crippen LogP contribution in [-0.2, 0) is 24.6 Å². The van der Waals surface area contributed by atoms with Crippen LogP contribution < -0.4 is 0 Å². The molecule has 0 bridgehead atoms. The number of allylic oxidation sites excluding steroid dienone is 1. The van der Waals surface area contributed by atoms with Gasteiger partial charge in [-0.05, 0) is 55.9 Å². The van der Waals surface area contributed by atoms with E-state index in [2.05, 4.69) is 4.18 Å². The number of halogens is 3. The van der Waals surface area contributed by atoms with Crippen molar-refractivity contribution in [3.63, 3.8) is 0 Å². The molecular weight excluding hydrogens is 345 g/mol. The van der Waals surface area contributed by atoms with Crippen LogP contribution in [0.3, 0.4) is 0 Å². The predicted octanol–water partition coefficient (Wildman–Crippen LogP) is 4.08. The summed E-state index contributed by atoms with van der Waals surface area (Å²) in [4.78, 5) is 0. The molecule has 0 radical (unpaired) electrons. The largest absolute Gasteiger partial charge is 0.534 e. The fourth-order valence-corrected chi connectivity index (χ4v) is 3.68. The molecular formula is C16H19F3O4S.